The Bertz CT molecular complexity index is 473. The number of hydrogen-bond donors (Lipinski definition) is 1. The first-order chi connectivity index (χ1) is 7.66. The first-order valence-corrected chi connectivity index (χ1v) is 7.15. The van der Waals surface area contributed by atoms with Crippen LogP contribution in [-0.4, -0.2) is 10.1 Å². The molecule has 0 spiro atoms. The van der Waals surface area contributed by atoms with Gasteiger partial charge in [0, 0.05) is 26.9 Å². The highest BCUT2D eigenvalue weighted by atomic mass is 79.9. The Morgan fingerprint density at radius 3 is 2.81 bits per heavy atom. The van der Waals surface area contributed by atoms with Gasteiger partial charge in [-0.25, -0.2) is 4.98 Å². The number of nitrogens with zero attached hydrogens (tertiary/aromatic N) is 1. The first-order valence-electron chi connectivity index (χ1n) is 4.68. The van der Waals surface area contributed by atoms with E-state index in [9.17, 15) is 5.11 Å². The smallest absolute Gasteiger partial charge is 0.0954 e. The van der Waals surface area contributed by atoms with Crippen LogP contribution in [0.15, 0.2) is 38.7 Å². The van der Waals surface area contributed by atoms with Crippen molar-refractivity contribution < 1.29 is 5.11 Å². The second-order valence-corrected chi connectivity index (χ2v) is 6.06. The van der Waals surface area contributed by atoms with Crippen molar-refractivity contribution in [1.29, 1.82) is 0 Å². The number of aromatic nitrogens is 1. The predicted octanol–water partition coefficient (Wildman–Crippen LogP) is 3.94. The number of hydrogen-bond acceptors (Lipinski definition) is 3. The van der Waals surface area contributed by atoms with Gasteiger partial charge in [0.15, 0.2) is 0 Å². The van der Waals surface area contributed by atoms with Crippen molar-refractivity contribution in [2.45, 2.75) is 12.5 Å². The van der Waals surface area contributed by atoms with Crippen molar-refractivity contribution >= 4 is 43.2 Å². The van der Waals surface area contributed by atoms with Crippen LogP contribution in [0.5, 0.6) is 0 Å². The Kier molecular flexibility index (Phi) is 4.13. The Morgan fingerprint density at radius 1 is 1.38 bits per heavy atom. The van der Waals surface area contributed by atoms with Gasteiger partial charge in [-0.3, -0.25) is 0 Å². The third kappa shape index (κ3) is 2.91. The zero-order valence-corrected chi connectivity index (χ0v) is 12.2. The number of aliphatic hydroxyl groups is 1. The largest absolute Gasteiger partial charge is 0.388 e. The fourth-order valence-corrected chi connectivity index (χ4v) is 3.37. The van der Waals surface area contributed by atoms with Crippen LogP contribution in [-0.2, 0) is 6.42 Å². The molecule has 1 heterocycles. The Balaban J connectivity index is 2.17. The molecule has 1 aromatic heterocycles. The van der Waals surface area contributed by atoms with E-state index in [1.54, 1.807) is 17.5 Å². The lowest BCUT2D eigenvalue weighted by Crippen LogP contribution is -2.02. The van der Waals surface area contributed by atoms with Gasteiger partial charge in [0.2, 0.25) is 0 Å². The van der Waals surface area contributed by atoms with Crippen LogP contribution < -0.4 is 0 Å². The van der Waals surface area contributed by atoms with E-state index in [1.165, 1.54) is 0 Å². The maximum atomic E-state index is 10.1. The lowest BCUT2D eigenvalue weighted by atomic mass is 10.1. The molecule has 2 nitrogen and oxygen atoms in total. The molecule has 0 aliphatic rings. The molecule has 1 N–H and O–H groups in total. The molecule has 1 aromatic carbocycles. The molecule has 0 bridgehead atoms. The summed E-state index contributed by atoms with van der Waals surface area (Å²) < 4.78 is 1.90. The van der Waals surface area contributed by atoms with Gasteiger partial charge in [0.05, 0.1) is 11.1 Å². The molecule has 0 aliphatic carbocycles. The van der Waals surface area contributed by atoms with E-state index in [4.69, 9.17) is 0 Å². The number of aliphatic hydroxyl groups excluding tert-OH is 1. The summed E-state index contributed by atoms with van der Waals surface area (Å²) in [6, 6.07) is 5.76. The third-order valence-corrected chi connectivity index (χ3v) is 4.15. The van der Waals surface area contributed by atoms with E-state index in [-0.39, 0.29) is 0 Å². The SMILES string of the molecule is OC(Cc1nccs1)c1ccc(Br)cc1Br. The summed E-state index contributed by atoms with van der Waals surface area (Å²) in [5, 5.41) is 12.9. The zero-order valence-electron chi connectivity index (χ0n) is 8.23. The highest BCUT2D eigenvalue weighted by Gasteiger charge is 2.13. The van der Waals surface area contributed by atoms with Gasteiger partial charge in [-0.05, 0) is 17.7 Å². The average molecular weight is 363 g/mol. The standard InChI is InChI=1S/C11H9Br2NOS/c12-7-1-2-8(9(13)5-7)10(15)6-11-14-3-4-16-11/h1-5,10,15H,6H2. The van der Waals surface area contributed by atoms with Gasteiger partial charge >= 0.3 is 0 Å². The molecule has 0 saturated heterocycles. The van der Waals surface area contributed by atoms with Crippen LogP contribution in [0.2, 0.25) is 0 Å². The highest BCUT2D eigenvalue weighted by Crippen LogP contribution is 2.29. The summed E-state index contributed by atoms with van der Waals surface area (Å²) in [7, 11) is 0. The van der Waals surface area contributed by atoms with Crippen LogP contribution in [0.3, 0.4) is 0 Å². The average Bonchev–Trinajstić information content (AvgIpc) is 2.70. The minimum Gasteiger partial charge on any atom is -0.388 e. The monoisotopic (exact) mass is 361 g/mol. The highest BCUT2D eigenvalue weighted by molar-refractivity contribution is 9.11. The molecule has 2 aromatic rings. The molecular formula is C11H9Br2NOS. The van der Waals surface area contributed by atoms with Crippen molar-refractivity contribution in [3.63, 3.8) is 0 Å². The molecule has 0 amide bonds. The van der Waals surface area contributed by atoms with Crippen LogP contribution in [0.4, 0.5) is 0 Å². The summed E-state index contributed by atoms with van der Waals surface area (Å²) in [6.45, 7) is 0. The molecule has 16 heavy (non-hydrogen) atoms. The maximum absolute atomic E-state index is 10.1. The molecule has 0 saturated carbocycles. The van der Waals surface area contributed by atoms with E-state index in [2.05, 4.69) is 36.8 Å². The van der Waals surface area contributed by atoms with Crippen molar-refractivity contribution in [1.82, 2.24) is 4.98 Å². The molecule has 1 unspecified atom stereocenters. The topological polar surface area (TPSA) is 33.1 Å². The third-order valence-electron chi connectivity index (χ3n) is 2.17. The fourth-order valence-electron chi connectivity index (χ4n) is 1.40. The Morgan fingerprint density at radius 2 is 2.19 bits per heavy atom. The van der Waals surface area contributed by atoms with E-state index in [1.807, 2.05) is 23.6 Å². The second-order valence-electron chi connectivity index (χ2n) is 3.31. The number of benzene rings is 1. The number of rotatable bonds is 3. The summed E-state index contributed by atoms with van der Waals surface area (Å²) in [5.74, 6) is 0. The minimum absolute atomic E-state index is 0.520. The normalized spacial score (nSPS) is 12.7. The van der Waals surface area contributed by atoms with E-state index in [0.717, 1.165) is 19.5 Å². The first kappa shape index (κ1) is 12.2. The van der Waals surface area contributed by atoms with E-state index < -0.39 is 6.10 Å². The number of thiazole rings is 1. The summed E-state index contributed by atoms with van der Waals surface area (Å²) in [5.41, 5.74) is 0.887. The molecule has 0 fully saturated rings. The molecule has 1 atom stereocenters. The van der Waals surface area contributed by atoms with Crippen molar-refractivity contribution in [3.05, 3.63) is 49.3 Å². The number of halogens is 2. The maximum Gasteiger partial charge on any atom is 0.0954 e. The van der Waals surface area contributed by atoms with Crippen LogP contribution in [0.25, 0.3) is 0 Å². The van der Waals surface area contributed by atoms with Gasteiger partial charge in [0.1, 0.15) is 0 Å². The summed E-state index contributed by atoms with van der Waals surface area (Å²) in [4.78, 5) is 4.16. The van der Waals surface area contributed by atoms with Crippen molar-refractivity contribution in [3.8, 4) is 0 Å². The summed E-state index contributed by atoms with van der Waals surface area (Å²) >= 11 is 8.39. The fraction of sp³-hybridized carbons (Fsp3) is 0.182. The molecular weight excluding hydrogens is 354 g/mol. The molecule has 2 rings (SSSR count). The molecule has 0 radical (unpaired) electrons. The molecule has 5 heteroatoms. The van der Waals surface area contributed by atoms with Crippen LogP contribution in [0, 0.1) is 0 Å². The molecule has 0 aliphatic heterocycles. The van der Waals surface area contributed by atoms with E-state index >= 15 is 0 Å². The lowest BCUT2D eigenvalue weighted by Gasteiger charge is -2.11. The van der Waals surface area contributed by atoms with Crippen molar-refractivity contribution in [2.75, 3.05) is 0 Å². The lowest BCUT2D eigenvalue weighted by molar-refractivity contribution is 0.177. The van der Waals surface area contributed by atoms with Gasteiger partial charge in [-0.1, -0.05) is 37.9 Å². The molecule has 84 valence electrons. The second kappa shape index (κ2) is 5.40. The predicted molar refractivity (Wildman–Crippen MR) is 72.6 cm³/mol. The van der Waals surface area contributed by atoms with Crippen LogP contribution >= 0.6 is 43.2 Å². The van der Waals surface area contributed by atoms with Gasteiger partial charge in [-0.2, -0.15) is 0 Å². The van der Waals surface area contributed by atoms with E-state index in [0.29, 0.717) is 6.42 Å². The zero-order chi connectivity index (χ0) is 11.5. The minimum atomic E-state index is -0.520. The Hall–Kier alpha value is -0.230. The van der Waals surface area contributed by atoms with Gasteiger partial charge in [-0.15, -0.1) is 11.3 Å². The summed E-state index contributed by atoms with van der Waals surface area (Å²) in [6.07, 6.45) is 1.79. The van der Waals surface area contributed by atoms with Gasteiger partial charge in [0.25, 0.3) is 0 Å². The van der Waals surface area contributed by atoms with Crippen molar-refractivity contribution in [2.24, 2.45) is 0 Å². The quantitative estimate of drug-likeness (QED) is 0.896. The Labute approximate surface area is 115 Å². The van der Waals surface area contributed by atoms with Gasteiger partial charge < -0.3 is 5.11 Å². The van der Waals surface area contributed by atoms with Crippen LogP contribution in [0.1, 0.15) is 16.7 Å².